The van der Waals surface area contributed by atoms with Gasteiger partial charge in [-0.3, -0.25) is 4.79 Å². The van der Waals surface area contributed by atoms with E-state index in [-0.39, 0.29) is 22.9 Å². The molecule has 0 spiro atoms. The number of thioether (sulfide) groups is 1. The van der Waals surface area contributed by atoms with Crippen LogP contribution in [0.1, 0.15) is 51.0 Å². The minimum Gasteiger partial charge on any atom is -0.481 e. The number of hydrogen-bond acceptors (Lipinski definition) is 4. The third-order valence-corrected chi connectivity index (χ3v) is 6.35. The van der Waals surface area contributed by atoms with Crippen LogP contribution in [-0.4, -0.2) is 37.5 Å². The monoisotopic (exact) mass is 405 g/mol. The number of sulfonamides is 1. The van der Waals surface area contributed by atoms with Crippen molar-refractivity contribution in [3.05, 3.63) is 29.6 Å². The van der Waals surface area contributed by atoms with Crippen molar-refractivity contribution < 1.29 is 22.7 Å². The molecule has 5 nitrogen and oxygen atoms in total. The van der Waals surface area contributed by atoms with Crippen molar-refractivity contribution in [2.24, 2.45) is 0 Å². The maximum absolute atomic E-state index is 13.9. The molecule has 0 aliphatic carbocycles. The second kappa shape index (κ2) is 12.3. The average Bonchev–Trinajstić information content (AvgIpc) is 2.57. The molecule has 0 amide bonds. The fourth-order valence-corrected chi connectivity index (χ4v) is 4.23. The van der Waals surface area contributed by atoms with Crippen LogP contribution in [0.3, 0.4) is 0 Å². The fourth-order valence-electron chi connectivity index (χ4n) is 2.45. The third-order valence-electron chi connectivity index (χ3n) is 3.85. The number of rotatable bonds is 14. The minimum atomic E-state index is -3.29. The maximum Gasteiger partial charge on any atom is 0.313 e. The zero-order valence-corrected chi connectivity index (χ0v) is 16.8. The molecule has 0 saturated heterocycles. The highest BCUT2D eigenvalue weighted by Gasteiger charge is 2.10. The number of unbranched alkanes of at least 4 members (excludes halogenated alkanes) is 5. The van der Waals surface area contributed by atoms with Gasteiger partial charge in [0.05, 0.1) is 11.5 Å². The second-order valence-electron chi connectivity index (χ2n) is 6.18. The predicted octanol–water partition coefficient (Wildman–Crippen LogP) is 3.82. The minimum absolute atomic E-state index is 0.123. The molecule has 0 saturated carbocycles. The van der Waals surface area contributed by atoms with E-state index < -0.39 is 21.8 Å². The van der Waals surface area contributed by atoms with E-state index in [0.717, 1.165) is 31.0 Å². The van der Waals surface area contributed by atoms with E-state index in [1.54, 1.807) is 6.07 Å². The van der Waals surface area contributed by atoms with Crippen LogP contribution in [0.15, 0.2) is 23.1 Å². The molecule has 0 radical (unpaired) electrons. The molecular weight excluding hydrogens is 377 g/mol. The summed E-state index contributed by atoms with van der Waals surface area (Å²) in [5.41, 5.74) is 0.671. The van der Waals surface area contributed by atoms with Gasteiger partial charge in [-0.25, -0.2) is 17.5 Å². The molecule has 0 aromatic heterocycles. The molecule has 26 heavy (non-hydrogen) atoms. The predicted molar refractivity (Wildman–Crippen MR) is 104 cm³/mol. The number of carboxylic acids is 1. The Kier molecular flexibility index (Phi) is 10.8. The van der Waals surface area contributed by atoms with Crippen molar-refractivity contribution in [3.8, 4) is 0 Å². The Balaban J connectivity index is 2.33. The van der Waals surface area contributed by atoms with E-state index in [4.69, 9.17) is 5.11 Å². The van der Waals surface area contributed by atoms with Gasteiger partial charge in [0.2, 0.25) is 10.0 Å². The van der Waals surface area contributed by atoms with Crippen LogP contribution in [0.25, 0.3) is 0 Å². The van der Waals surface area contributed by atoms with Gasteiger partial charge in [-0.05, 0) is 30.5 Å². The number of carbonyl (C=O) groups is 1. The molecule has 0 heterocycles. The van der Waals surface area contributed by atoms with E-state index in [1.165, 1.54) is 25.0 Å². The Morgan fingerprint density at radius 1 is 1.19 bits per heavy atom. The highest BCUT2D eigenvalue weighted by Crippen LogP contribution is 2.22. The van der Waals surface area contributed by atoms with Gasteiger partial charge >= 0.3 is 5.97 Å². The molecule has 0 unspecified atom stereocenters. The Hall–Kier alpha value is -1.12. The maximum atomic E-state index is 13.9. The zero-order chi connectivity index (χ0) is 19.4. The molecule has 1 aromatic carbocycles. The first-order chi connectivity index (χ1) is 12.3. The van der Waals surface area contributed by atoms with Crippen LogP contribution in [0.5, 0.6) is 0 Å². The number of halogens is 1. The lowest BCUT2D eigenvalue weighted by atomic mass is 10.1. The Morgan fingerprint density at radius 2 is 1.88 bits per heavy atom. The van der Waals surface area contributed by atoms with Crippen LogP contribution in [0.4, 0.5) is 4.39 Å². The highest BCUT2D eigenvalue weighted by molar-refractivity contribution is 8.00. The van der Waals surface area contributed by atoms with E-state index in [9.17, 15) is 17.6 Å². The summed E-state index contributed by atoms with van der Waals surface area (Å²) in [6.07, 6.45) is 6.53. The standard InChI is InChI=1S/C18H28FNO4S2/c1-2-3-4-5-6-7-12-26(23,24)20-11-10-15-8-9-17(16(19)13-15)25-14-18(21)22/h8-9,13,20H,2-7,10-12,14H2,1H3,(H,21,22). The van der Waals surface area contributed by atoms with E-state index in [1.807, 2.05) is 0 Å². The van der Waals surface area contributed by atoms with E-state index in [2.05, 4.69) is 11.6 Å². The Morgan fingerprint density at radius 3 is 2.54 bits per heavy atom. The molecule has 0 aliphatic rings. The van der Waals surface area contributed by atoms with Crippen molar-refractivity contribution >= 4 is 27.8 Å². The SMILES string of the molecule is CCCCCCCCS(=O)(=O)NCCc1ccc(SCC(=O)O)c(F)c1. The normalized spacial score (nSPS) is 11.6. The van der Waals surface area contributed by atoms with Gasteiger partial charge in [0.1, 0.15) is 5.82 Å². The third kappa shape index (κ3) is 10.1. The topological polar surface area (TPSA) is 83.5 Å². The summed E-state index contributed by atoms with van der Waals surface area (Å²) in [7, 11) is -3.29. The van der Waals surface area contributed by atoms with Crippen molar-refractivity contribution in [1.82, 2.24) is 4.72 Å². The molecule has 2 N–H and O–H groups in total. The van der Waals surface area contributed by atoms with Gasteiger partial charge < -0.3 is 5.11 Å². The number of carboxylic acid groups (broad SMARTS) is 1. The average molecular weight is 406 g/mol. The van der Waals surface area contributed by atoms with Crippen LogP contribution in [-0.2, 0) is 21.2 Å². The lowest BCUT2D eigenvalue weighted by Crippen LogP contribution is -2.28. The van der Waals surface area contributed by atoms with Crippen molar-refractivity contribution in [2.45, 2.75) is 56.8 Å². The molecule has 1 aromatic rings. The largest absolute Gasteiger partial charge is 0.481 e. The summed E-state index contributed by atoms with van der Waals surface area (Å²) in [5, 5.41) is 8.62. The van der Waals surface area contributed by atoms with Gasteiger partial charge in [0, 0.05) is 11.4 Å². The Labute approximate surface area is 159 Å². The lowest BCUT2D eigenvalue weighted by Gasteiger charge is -2.08. The van der Waals surface area contributed by atoms with E-state index in [0.29, 0.717) is 18.4 Å². The van der Waals surface area contributed by atoms with Crippen LogP contribution >= 0.6 is 11.8 Å². The second-order valence-corrected chi connectivity index (χ2v) is 9.12. The first kappa shape index (κ1) is 22.9. The van der Waals surface area contributed by atoms with Gasteiger partial charge in [-0.1, -0.05) is 45.1 Å². The van der Waals surface area contributed by atoms with E-state index >= 15 is 0 Å². The van der Waals surface area contributed by atoms with Crippen molar-refractivity contribution in [2.75, 3.05) is 18.1 Å². The molecule has 0 aliphatic heterocycles. The summed E-state index contributed by atoms with van der Waals surface area (Å²) in [4.78, 5) is 10.8. The smallest absolute Gasteiger partial charge is 0.313 e. The first-order valence-corrected chi connectivity index (χ1v) is 11.6. The van der Waals surface area contributed by atoms with Gasteiger partial charge in [0.25, 0.3) is 0 Å². The molecule has 0 atom stereocenters. The number of nitrogens with one attached hydrogen (secondary N) is 1. The zero-order valence-electron chi connectivity index (χ0n) is 15.2. The summed E-state index contributed by atoms with van der Waals surface area (Å²) in [5.74, 6) is -1.56. The molecule has 148 valence electrons. The molecule has 0 fully saturated rings. The summed E-state index contributed by atoms with van der Waals surface area (Å²) in [6.45, 7) is 2.36. The van der Waals surface area contributed by atoms with Crippen LogP contribution < -0.4 is 4.72 Å². The summed E-state index contributed by atoms with van der Waals surface area (Å²) < 4.78 is 40.3. The molecular formula is C18H28FNO4S2. The number of benzene rings is 1. The molecule has 8 heteroatoms. The van der Waals surface area contributed by atoms with Crippen LogP contribution in [0.2, 0.25) is 0 Å². The van der Waals surface area contributed by atoms with Gasteiger partial charge in [-0.2, -0.15) is 0 Å². The van der Waals surface area contributed by atoms with Crippen LogP contribution in [0, 0.1) is 5.82 Å². The summed E-state index contributed by atoms with van der Waals surface area (Å²) in [6, 6.07) is 4.55. The lowest BCUT2D eigenvalue weighted by molar-refractivity contribution is -0.133. The van der Waals surface area contributed by atoms with Gasteiger partial charge in [0.15, 0.2) is 0 Å². The van der Waals surface area contributed by atoms with Gasteiger partial charge in [-0.15, -0.1) is 11.8 Å². The quantitative estimate of drug-likeness (QED) is 0.363. The molecule has 0 bridgehead atoms. The Bertz CT molecular complexity index is 665. The fraction of sp³-hybridized carbons (Fsp3) is 0.611. The number of aliphatic carboxylic acids is 1. The highest BCUT2D eigenvalue weighted by atomic mass is 32.2. The number of hydrogen-bond donors (Lipinski definition) is 2. The molecule has 1 rings (SSSR count). The van der Waals surface area contributed by atoms with Crippen molar-refractivity contribution in [3.63, 3.8) is 0 Å². The first-order valence-electron chi connectivity index (χ1n) is 8.94. The van der Waals surface area contributed by atoms with Crippen molar-refractivity contribution in [1.29, 1.82) is 0 Å². The summed E-state index contributed by atoms with van der Waals surface area (Å²) >= 11 is 0.922.